The van der Waals surface area contributed by atoms with Crippen LogP contribution in [0, 0.1) is 6.92 Å². The molecule has 31 heavy (non-hydrogen) atoms. The summed E-state index contributed by atoms with van der Waals surface area (Å²) in [6, 6.07) is 10.5. The van der Waals surface area contributed by atoms with Crippen LogP contribution in [0.5, 0.6) is 5.75 Å². The molecule has 0 fully saturated rings. The maximum atomic E-state index is 12.9. The largest absolute Gasteiger partial charge is 0.476 e. The number of amides is 1. The zero-order valence-electron chi connectivity index (χ0n) is 17.6. The first-order chi connectivity index (χ1) is 14.5. The highest BCUT2D eigenvalue weighted by atomic mass is 32.2. The van der Waals surface area contributed by atoms with Crippen LogP contribution < -0.4 is 19.2 Å². The van der Waals surface area contributed by atoms with Crippen LogP contribution in [0.1, 0.15) is 25.5 Å². The Morgan fingerprint density at radius 3 is 2.65 bits per heavy atom. The van der Waals surface area contributed by atoms with Gasteiger partial charge in [0.25, 0.3) is 5.91 Å². The van der Waals surface area contributed by atoms with Gasteiger partial charge in [-0.15, -0.1) is 0 Å². The predicted octanol–water partition coefficient (Wildman–Crippen LogP) is 3.12. The number of thiazole rings is 1. The number of fused-ring (bicyclic) bond motifs is 2. The monoisotopic (exact) mass is 461 g/mol. The Bertz CT molecular complexity index is 1340. The summed E-state index contributed by atoms with van der Waals surface area (Å²) in [5.74, 6) is -0.125. The maximum absolute atomic E-state index is 12.9. The van der Waals surface area contributed by atoms with Crippen LogP contribution in [0.25, 0.3) is 10.2 Å². The van der Waals surface area contributed by atoms with Crippen LogP contribution in [-0.2, 0) is 14.8 Å². The van der Waals surface area contributed by atoms with Crippen LogP contribution in [0.3, 0.4) is 0 Å². The molecule has 3 aromatic rings. The molecule has 4 rings (SSSR count). The van der Waals surface area contributed by atoms with Crippen LogP contribution in [-0.4, -0.2) is 37.8 Å². The van der Waals surface area contributed by atoms with E-state index >= 15 is 0 Å². The van der Waals surface area contributed by atoms with E-state index in [2.05, 4.69) is 5.32 Å². The third kappa shape index (κ3) is 4.05. The van der Waals surface area contributed by atoms with E-state index in [1.54, 1.807) is 41.0 Å². The smallest absolute Gasteiger partial charge is 0.308 e. The number of anilines is 2. The lowest BCUT2D eigenvalue weighted by atomic mass is 10.1. The van der Waals surface area contributed by atoms with E-state index in [9.17, 15) is 18.0 Å². The van der Waals surface area contributed by atoms with Crippen LogP contribution in [0.2, 0.25) is 0 Å². The van der Waals surface area contributed by atoms with E-state index in [1.165, 1.54) is 4.31 Å². The number of ether oxygens (including phenoxy) is 1. The average molecular weight is 462 g/mol. The molecule has 1 N–H and O–H groups in total. The quantitative estimate of drug-likeness (QED) is 0.644. The topological polar surface area (TPSA) is 97.7 Å². The van der Waals surface area contributed by atoms with Gasteiger partial charge in [-0.2, -0.15) is 0 Å². The highest BCUT2D eigenvalue weighted by Gasteiger charge is 2.35. The normalized spacial score (nSPS) is 16.3. The molecule has 0 radical (unpaired) electrons. The summed E-state index contributed by atoms with van der Waals surface area (Å²) in [4.78, 5) is 25.1. The predicted molar refractivity (Wildman–Crippen MR) is 123 cm³/mol. The number of aryl methyl sites for hydroxylation is 1. The lowest BCUT2D eigenvalue weighted by Gasteiger charge is -2.34. The first kappa shape index (κ1) is 21.4. The first-order valence-corrected chi connectivity index (χ1v) is 12.4. The first-order valence-electron chi connectivity index (χ1n) is 9.75. The van der Waals surface area contributed by atoms with E-state index in [4.69, 9.17) is 4.74 Å². The third-order valence-electron chi connectivity index (χ3n) is 5.07. The minimum absolute atomic E-state index is 0.0306. The highest BCUT2D eigenvalue weighted by Crippen LogP contribution is 2.36. The molecule has 0 bridgehead atoms. The van der Waals surface area contributed by atoms with Gasteiger partial charge in [0, 0.05) is 11.7 Å². The Morgan fingerprint density at radius 1 is 1.23 bits per heavy atom. The molecule has 1 amide bonds. The molecule has 0 saturated carbocycles. The number of aromatic nitrogens is 1. The summed E-state index contributed by atoms with van der Waals surface area (Å²) in [5, 5.41) is 2.79. The van der Waals surface area contributed by atoms with Crippen molar-refractivity contribution in [1.82, 2.24) is 4.57 Å². The third-order valence-corrected chi connectivity index (χ3v) is 7.14. The molecule has 0 saturated heterocycles. The van der Waals surface area contributed by atoms with Crippen molar-refractivity contribution in [3.8, 4) is 5.75 Å². The van der Waals surface area contributed by atoms with Crippen molar-refractivity contribution >= 4 is 48.9 Å². The maximum Gasteiger partial charge on any atom is 0.308 e. The van der Waals surface area contributed by atoms with Gasteiger partial charge in [0.15, 0.2) is 6.10 Å². The fourth-order valence-electron chi connectivity index (χ4n) is 3.64. The van der Waals surface area contributed by atoms with Crippen molar-refractivity contribution in [2.24, 2.45) is 0 Å². The Hall–Kier alpha value is -2.85. The van der Waals surface area contributed by atoms with Crippen LogP contribution in [0.4, 0.5) is 11.4 Å². The van der Waals surface area contributed by atoms with Crippen molar-refractivity contribution in [2.45, 2.75) is 32.9 Å². The van der Waals surface area contributed by atoms with Crippen molar-refractivity contribution in [2.75, 3.05) is 22.4 Å². The summed E-state index contributed by atoms with van der Waals surface area (Å²) < 4.78 is 34.1. The van der Waals surface area contributed by atoms with E-state index in [1.807, 2.05) is 20.8 Å². The van der Waals surface area contributed by atoms with E-state index in [-0.39, 0.29) is 17.5 Å². The molecule has 1 aliphatic heterocycles. The molecule has 0 unspecified atom stereocenters. The second kappa shape index (κ2) is 7.69. The van der Waals surface area contributed by atoms with E-state index < -0.39 is 22.0 Å². The number of benzene rings is 2. The molecule has 2 aromatic carbocycles. The zero-order chi connectivity index (χ0) is 22.5. The number of nitrogens with one attached hydrogen (secondary N) is 1. The Labute approximate surface area is 184 Å². The lowest BCUT2D eigenvalue weighted by molar-refractivity contribution is -0.122. The number of carbonyl (C=O) groups is 1. The molecule has 0 spiro atoms. The second-order valence-corrected chi connectivity index (χ2v) is 10.8. The summed E-state index contributed by atoms with van der Waals surface area (Å²) in [7, 11) is -3.60. The molecular formula is C21H23N3O5S2. The van der Waals surface area contributed by atoms with Gasteiger partial charge in [-0.1, -0.05) is 17.4 Å². The molecular weight excluding hydrogens is 438 g/mol. The molecule has 10 heteroatoms. The summed E-state index contributed by atoms with van der Waals surface area (Å²) in [5.41, 5.74) is 2.63. The fourth-order valence-corrected chi connectivity index (χ4v) is 5.60. The van der Waals surface area contributed by atoms with Gasteiger partial charge in [-0.3, -0.25) is 18.5 Å². The van der Waals surface area contributed by atoms with Crippen LogP contribution >= 0.6 is 11.3 Å². The summed E-state index contributed by atoms with van der Waals surface area (Å²) in [6.07, 6.45) is 0.0915. The molecule has 1 aliphatic rings. The van der Waals surface area contributed by atoms with Crippen molar-refractivity contribution in [3.63, 3.8) is 0 Å². The second-order valence-electron chi connectivity index (χ2n) is 7.88. The van der Waals surface area contributed by atoms with E-state index in [0.29, 0.717) is 17.1 Å². The molecule has 1 atom stereocenters. The van der Waals surface area contributed by atoms with Crippen molar-refractivity contribution in [3.05, 3.63) is 51.6 Å². The number of nitrogens with zero attached hydrogens (tertiary/aromatic N) is 2. The molecule has 2 heterocycles. The lowest BCUT2D eigenvalue weighted by Crippen LogP contribution is -2.48. The molecule has 1 aromatic heterocycles. The van der Waals surface area contributed by atoms with Gasteiger partial charge >= 0.3 is 4.87 Å². The number of hydrogen-bond donors (Lipinski definition) is 1. The zero-order valence-corrected chi connectivity index (χ0v) is 19.2. The van der Waals surface area contributed by atoms with Crippen molar-refractivity contribution in [1.29, 1.82) is 0 Å². The van der Waals surface area contributed by atoms with Gasteiger partial charge < -0.3 is 10.1 Å². The standard InChI is InChI=1S/C21H23N3O5S2/c1-12(2)24-15-7-6-14(10-19(15)30-21(24)26)22-20(25)18-11-23(31(4,27)28)16-9-13(3)5-8-17(16)29-18/h5-10,12,18H,11H2,1-4H3,(H,22,25)/t18-/m1/s1. The van der Waals surface area contributed by atoms with Gasteiger partial charge in [0.1, 0.15) is 5.75 Å². The SMILES string of the molecule is Cc1ccc2c(c1)N(S(C)(=O)=O)C[C@H](C(=O)Nc1ccc3c(c1)sc(=O)n3C(C)C)O2. The average Bonchev–Trinajstić information content (AvgIpc) is 3.01. The molecule has 164 valence electrons. The number of carbonyl (C=O) groups excluding carboxylic acids is 1. The van der Waals surface area contributed by atoms with Gasteiger partial charge in [0.2, 0.25) is 10.0 Å². The Morgan fingerprint density at radius 2 is 1.97 bits per heavy atom. The minimum Gasteiger partial charge on any atom is -0.476 e. The van der Waals surface area contributed by atoms with Gasteiger partial charge in [0.05, 0.1) is 28.7 Å². The number of sulfonamides is 1. The van der Waals surface area contributed by atoms with Gasteiger partial charge in [-0.25, -0.2) is 8.42 Å². The summed E-state index contributed by atoms with van der Waals surface area (Å²) in [6.45, 7) is 5.62. The number of hydrogen-bond acceptors (Lipinski definition) is 6. The number of rotatable bonds is 4. The highest BCUT2D eigenvalue weighted by molar-refractivity contribution is 7.92. The van der Waals surface area contributed by atoms with Crippen molar-refractivity contribution < 1.29 is 17.9 Å². The van der Waals surface area contributed by atoms with Crippen LogP contribution in [0.15, 0.2) is 41.2 Å². The fraction of sp³-hybridized carbons (Fsp3) is 0.333. The molecule has 0 aliphatic carbocycles. The Kier molecular flexibility index (Phi) is 5.30. The Balaban J connectivity index is 1.61. The summed E-state index contributed by atoms with van der Waals surface area (Å²) >= 11 is 1.12. The molecule has 8 nitrogen and oxygen atoms in total. The van der Waals surface area contributed by atoms with E-state index in [0.717, 1.165) is 33.4 Å². The minimum atomic E-state index is -3.60. The van der Waals surface area contributed by atoms with Gasteiger partial charge in [-0.05, 0) is 56.7 Å².